The molecule has 0 N–H and O–H groups in total. The second-order valence-electron chi connectivity index (χ2n) is 6.10. The lowest BCUT2D eigenvalue weighted by Crippen LogP contribution is -1.87. The van der Waals surface area contributed by atoms with Crippen LogP contribution in [0, 0.1) is 0 Å². The smallest absolute Gasteiger partial charge is 0.0714 e. The van der Waals surface area contributed by atoms with Crippen LogP contribution in [0.25, 0.3) is 43.6 Å². The van der Waals surface area contributed by atoms with Gasteiger partial charge >= 0.3 is 0 Å². The van der Waals surface area contributed by atoms with E-state index >= 15 is 0 Å². The maximum Gasteiger partial charge on any atom is 0.0714 e. The summed E-state index contributed by atoms with van der Waals surface area (Å²) in [6.07, 6.45) is 1.98. The average Bonchev–Trinajstić information content (AvgIpc) is 2.67. The van der Waals surface area contributed by atoms with Crippen LogP contribution in [-0.4, -0.2) is 4.98 Å². The lowest BCUT2D eigenvalue weighted by atomic mass is 9.98. The minimum absolute atomic E-state index is 1.02. The van der Waals surface area contributed by atoms with Crippen LogP contribution >= 0.6 is 0 Å². The first-order chi connectivity index (χ1) is 11.9. The van der Waals surface area contributed by atoms with Crippen molar-refractivity contribution in [1.82, 2.24) is 4.98 Å². The largest absolute Gasteiger partial charge is 0.256 e. The van der Waals surface area contributed by atoms with E-state index in [4.69, 9.17) is 4.98 Å². The molecule has 4 aromatic carbocycles. The Hall–Kier alpha value is -3.19. The first kappa shape index (κ1) is 13.3. The van der Waals surface area contributed by atoms with Gasteiger partial charge in [-0.1, -0.05) is 78.9 Å². The van der Waals surface area contributed by atoms with Crippen molar-refractivity contribution in [2.75, 3.05) is 0 Å². The van der Waals surface area contributed by atoms with Crippen LogP contribution in [0.4, 0.5) is 0 Å². The van der Waals surface area contributed by atoms with Crippen LogP contribution in [0.1, 0.15) is 0 Å². The van der Waals surface area contributed by atoms with Crippen molar-refractivity contribution in [2.45, 2.75) is 0 Å². The summed E-state index contributed by atoms with van der Waals surface area (Å²) in [6.45, 7) is 0. The van der Waals surface area contributed by atoms with Gasteiger partial charge in [-0.3, -0.25) is 4.98 Å². The van der Waals surface area contributed by atoms with Crippen molar-refractivity contribution in [1.29, 1.82) is 0 Å². The predicted octanol–water partition coefficient (Wildman–Crippen LogP) is 6.21. The quantitative estimate of drug-likeness (QED) is 0.336. The molecule has 0 unspecified atom stereocenters. The zero-order valence-corrected chi connectivity index (χ0v) is 13.1. The van der Waals surface area contributed by atoms with Crippen LogP contribution in [0.2, 0.25) is 0 Å². The zero-order chi connectivity index (χ0) is 15.9. The molecular weight excluding hydrogens is 290 g/mol. The first-order valence-corrected chi connectivity index (χ1v) is 8.16. The Morgan fingerprint density at radius 3 is 2.04 bits per heavy atom. The number of fused-ring (bicyclic) bond motifs is 4. The van der Waals surface area contributed by atoms with Gasteiger partial charge < -0.3 is 0 Å². The summed E-state index contributed by atoms with van der Waals surface area (Å²) in [5, 5.41) is 7.46. The minimum atomic E-state index is 1.02. The van der Waals surface area contributed by atoms with E-state index in [1.165, 1.54) is 37.9 Å². The Labute approximate surface area is 140 Å². The number of hydrogen-bond donors (Lipinski definition) is 0. The van der Waals surface area contributed by atoms with Crippen molar-refractivity contribution in [2.24, 2.45) is 0 Å². The second kappa shape index (κ2) is 5.17. The first-order valence-electron chi connectivity index (χ1n) is 8.16. The fourth-order valence-corrected chi connectivity index (χ4v) is 3.50. The Morgan fingerprint density at radius 2 is 1.17 bits per heavy atom. The van der Waals surface area contributed by atoms with Crippen molar-refractivity contribution >= 4 is 32.3 Å². The molecule has 5 rings (SSSR count). The van der Waals surface area contributed by atoms with Crippen molar-refractivity contribution in [3.05, 3.63) is 91.1 Å². The molecular formula is C23H15N. The lowest BCUT2D eigenvalue weighted by molar-refractivity contribution is 1.37. The molecule has 1 aromatic heterocycles. The third-order valence-corrected chi connectivity index (χ3v) is 4.69. The van der Waals surface area contributed by atoms with E-state index in [2.05, 4.69) is 84.9 Å². The van der Waals surface area contributed by atoms with Crippen molar-refractivity contribution in [3.8, 4) is 11.3 Å². The number of rotatable bonds is 1. The number of benzene rings is 4. The third kappa shape index (κ3) is 1.99. The van der Waals surface area contributed by atoms with Gasteiger partial charge in [-0.05, 0) is 33.0 Å². The molecule has 0 fully saturated rings. The van der Waals surface area contributed by atoms with Crippen LogP contribution in [0.3, 0.4) is 0 Å². The highest BCUT2D eigenvalue weighted by Crippen LogP contribution is 2.31. The minimum Gasteiger partial charge on any atom is -0.256 e. The molecule has 1 heterocycles. The summed E-state index contributed by atoms with van der Waals surface area (Å²) < 4.78 is 0. The summed E-state index contributed by atoms with van der Waals surface area (Å²) in [7, 11) is 0. The fraction of sp³-hybridized carbons (Fsp3) is 0. The summed E-state index contributed by atoms with van der Waals surface area (Å²) in [5.74, 6) is 0. The Morgan fingerprint density at radius 1 is 0.500 bits per heavy atom. The molecule has 112 valence electrons. The molecule has 0 aliphatic heterocycles. The van der Waals surface area contributed by atoms with Gasteiger partial charge in [-0.2, -0.15) is 0 Å². The Kier molecular flexibility index (Phi) is 2.86. The van der Waals surface area contributed by atoms with E-state index in [0.29, 0.717) is 0 Å². The van der Waals surface area contributed by atoms with Crippen LogP contribution in [-0.2, 0) is 0 Å². The average molecular weight is 305 g/mol. The van der Waals surface area contributed by atoms with Gasteiger partial charge in [0.25, 0.3) is 0 Å². The van der Waals surface area contributed by atoms with E-state index in [1.807, 2.05) is 6.20 Å². The van der Waals surface area contributed by atoms with E-state index in [1.54, 1.807) is 0 Å². The molecule has 0 amide bonds. The Bertz CT molecular complexity index is 1200. The number of nitrogens with zero attached hydrogens (tertiary/aromatic N) is 1. The van der Waals surface area contributed by atoms with Crippen molar-refractivity contribution < 1.29 is 0 Å². The van der Waals surface area contributed by atoms with Gasteiger partial charge in [0, 0.05) is 17.1 Å². The van der Waals surface area contributed by atoms with E-state index in [0.717, 1.165) is 5.69 Å². The van der Waals surface area contributed by atoms with Crippen molar-refractivity contribution in [3.63, 3.8) is 0 Å². The third-order valence-electron chi connectivity index (χ3n) is 4.69. The van der Waals surface area contributed by atoms with Gasteiger partial charge in [0.15, 0.2) is 0 Å². The van der Waals surface area contributed by atoms with Crippen LogP contribution in [0.5, 0.6) is 0 Å². The van der Waals surface area contributed by atoms with Crippen LogP contribution < -0.4 is 0 Å². The highest BCUT2D eigenvalue weighted by atomic mass is 14.7. The molecule has 0 atom stereocenters. The van der Waals surface area contributed by atoms with Gasteiger partial charge in [0.1, 0.15) is 0 Å². The molecule has 24 heavy (non-hydrogen) atoms. The molecule has 0 bridgehead atoms. The van der Waals surface area contributed by atoms with Gasteiger partial charge in [0.05, 0.1) is 5.69 Å². The molecule has 5 aromatic rings. The Balaban J connectivity index is 1.85. The molecule has 1 nitrogen and oxygen atoms in total. The number of hydrogen-bond acceptors (Lipinski definition) is 1. The molecule has 0 saturated heterocycles. The molecule has 1 heteroatoms. The lowest BCUT2D eigenvalue weighted by Gasteiger charge is -2.09. The van der Waals surface area contributed by atoms with E-state index in [9.17, 15) is 0 Å². The topological polar surface area (TPSA) is 12.9 Å². The SMILES string of the molecule is c1ccc2c(-c3cc4c(ccc5ccccc54)cn3)cccc2c1. The summed E-state index contributed by atoms with van der Waals surface area (Å²) in [5.41, 5.74) is 2.21. The van der Waals surface area contributed by atoms with E-state index in [-0.39, 0.29) is 0 Å². The maximum absolute atomic E-state index is 4.73. The normalized spacial score (nSPS) is 11.3. The predicted molar refractivity (Wildman–Crippen MR) is 102 cm³/mol. The highest BCUT2D eigenvalue weighted by Gasteiger charge is 2.07. The monoisotopic (exact) mass is 305 g/mol. The summed E-state index contributed by atoms with van der Waals surface area (Å²) in [6, 6.07) is 29.9. The standard InChI is InChI=1S/C23H15N/c1-3-9-19-16(6-1)8-5-11-21(19)23-14-22-18(15-24-23)13-12-17-7-2-4-10-20(17)22/h1-15H. The molecule has 0 aliphatic carbocycles. The van der Waals surface area contributed by atoms with Crippen LogP contribution in [0.15, 0.2) is 91.1 Å². The maximum atomic E-state index is 4.73. The highest BCUT2D eigenvalue weighted by molar-refractivity contribution is 6.09. The van der Waals surface area contributed by atoms with Gasteiger partial charge in [-0.25, -0.2) is 0 Å². The molecule has 0 aliphatic rings. The second-order valence-corrected chi connectivity index (χ2v) is 6.10. The molecule has 0 radical (unpaired) electrons. The summed E-state index contributed by atoms with van der Waals surface area (Å²) >= 11 is 0. The molecule has 0 saturated carbocycles. The summed E-state index contributed by atoms with van der Waals surface area (Å²) in [4.78, 5) is 4.73. The van der Waals surface area contributed by atoms with E-state index < -0.39 is 0 Å². The van der Waals surface area contributed by atoms with Gasteiger partial charge in [0.2, 0.25) is 0 Å². The van der Waals surface area contributed by atoms with Gasteiger partial charge in [-0.15, -0.1) is 0 Å². The number of aromatic nitrogens is 1. The molecule has 0 spiro atoms. The zero-order valence-electron chi connectivity index (χ0n) is 13.1. The number of pyridine rings is 1. The fourth-order valence-electron chi connectivity index (χ4n) is 3.50.